The molecule has 2 heterocycles. The molecule has 3 nitrogen and oxygen atoms in total. The summed E-state index contributed by atoms with van der Waals surface area (Å²) in [6.07, 6.45) is 5.53. The fourth-order valence-electron chi connectivity index (χ4n) is 2.56. The molecular weight excluding hydrogens is 236 g/mol. The summed E-state index contributed by atoms with van der Waals surface area (Å²) in [6.45, 7) is 1.79. The normalized spacial score (nSPS) is 23.3. The van der Waals surface area contributed by atoms with E-state index in [2.05, 4.69) is 10.3 Å². The second kappa shape index (κ2) is 4.80. The van der Waals surface area contributed by atoms with Gasteiger partial charge in [-0.1, -0.05) is 0 Å². The molecule has 2 aliphatic rings. The summed E-state index contributed by atoms with van der Waals surface area (Å²) in [6, 6.07) is 1.69. The van der Waals surface area contributed by atoms with Gasteiger partial charge in [0.1, 0.15) is 5.82 Å². The molecule has 0 spiro atoms. The predicted molar refractivity (Wildman–Crippen MR) is 65.5 cm³/mol. The van der Waals surface area contributed by atoms with Gasteiger partial charge in [-0.2, -0.15) is 0 Å². The minimum atomic E-state index is -0.619. The number of hydrogen-bond acceptors (Lipinski definition) is 3. The number of nitrogens with one attached hydrogen (secondary N) is 1. The third-order valence-electron chi connectivity index (χ3n) is 3.63. The lowest BCUT2D eigenvalue weighted by Gasteiger charge is -2.27. The standard InChI is InChI=1S/C13H17F2N3/c14-9-6-12(15)13(17-7-9)18(11-3-4-11)8-10-2-1-5-16-10/h6-7,10-11,16H,1-5,8H2. The Labute approximate surface area is 105 Å². The first kappa shape index (κ1) is 11.8. The second-order valence-corrected chi connectivity index (χ2v) is 5.14. The molecule has 1 saturated carbocycles. The van der Waals surface area contributed by atoms with Crippen molar-refractivity contribution in [1.29, 1.82) is 0 Å². The van der Waals surface area contributed by atoms with Crippen LogP contribution < -0.4 is 10.2 Å². The van der Waals surface area contributed by atoms with Crippen LogP contribution in [0.15, 0.2) is 12.3 Å². The Morgan fingerprint density at radius 1 is 1.33 bits per heavy atom. The van der Waals surface area contributed by atoms with Crippen molar-refractivity contribution in [2.45, 2.75) is 37.8 Å². The topological polar surface area (TPSA) is 28.2 Å². The summed E-state index contributed by atoms with van der Waals surface area (Å²) < 4.78 is 26.7. The van der Waals surface area contributed by atoms with Gasteiger partial charge >= 0.3 is 0 Å². The maximum atomic E-state index is 13.8. The second-order valence-electron chi connectivity index (χ2n) is 5.14. The van der Waals surface area contributed by atoms with Crippen molar-refractivity contribution in [3.05, 3.63) is 23.9 Å². The molecule has 1 aliphatic carbocycles. The van der Waals surface area contributed by atoms with Gasteiger partial charge in [-0.05, 0) is 32.2 Å². The van der Waals surface area contributed by atoms with Gasteiger partial charge in [0, 0.05) is 24.7 Å². The molecule has 3 rings (SSSR count). The maximum Gasteiger partial charge on any atom is 0.168 e. The summed E-state index contributed by atoms with van der Waals surface area (Å²) in [5.74, 6) is -0.876. The lowest BCUT2D eigenvalue weighted by atomic mass is 10.2. The highest BCUT2D eigenvalue weighted by molar-refractivity contribution is 5.43. The van der Waals surface area contributed by atoms with Crippen LogP contribution in [0, 0.1) is 11.6 Å². The Morgan fingerprint density at radius 3 is 2.78 bits per heavy atom. The van der Waals surface area contributed by atoms with Gasteiger partial charge in [-0.3, -0.25) is 0 Å². The van der Waals surface area contributed by atoms with Gasteiger partial charge in [-0.25, -0.2) is 13.8 Å². The zero-order valence-electron chi connectivity index (χ0n) is 10.2. The van der Waals surface area contributed by atoms with E-state index in [0.29, 0.717) is 17.9 Å². The lowest BCUT2D eigenvalue weighted by Crippen LogP contribution is -2.39. The van der Waals surface area contributed by atoms with E-state index in [0.717, 1.165) is 44.6 Å². The van der Waals surface area contributed by atoms with Gasteiger partial charge in [0.05, 0.1) is 6.20 Å². The maximum absolute atomic E-state index is 13.8. The Balaban J connectivity index is 1.79. The molecule has 98 valence electrons. The summed E-state index contributed by atoms with van der Waals surface area (Å²) in [5, 5.41) is 3.40. The number of nitrogens with zero attached hydrogens (tertiary/aromatic N) is 2. The SMILES string of the molecule is Fc1cnc(N(CC2CCCN2)C2CC2)c(F)c1. The molecule has 2 fully saturated rings. The fourth-order valence-corrected chi connectivity index (χ4v) is 2.56. The van der Waals surface area contributed by atoms with Crippen molar-refractivity contribution in [3.63, 3.8) is 0 Å². The highest BCUT2D eigenvalue weighted by Gasteiger charge is 2.33. The third-order valence-corrected chi connectivity index (χ3v) is 3.63. The van der Waals surface area contributed by atoms with E-state index >= 15 is 0 Å². The molecule has 1 saturated heterocycles. The third kappa shape index (κ3) is 2.46. The summed E-state index contributed by atoms with van der Waals surface area (Å²) in [4.78, 5) is 5.93. The summed E-state index contributed by atoms with van der Waals surface area (Å²) in [5.41, 5.74) is 0. The van der Waals surface area contributed by atoms with E-state index < -0.39 is 11.6 Å². The average Bonchev–Trinajstić information content (AvgIpc) is 3.05. The molecule has 0 aromatic carbocycles. The molecule has 18 heavy (non-hydrogen) atoms. The predicted octanol–water partition coefficient (Wildman–Crippen LogP) is 2.08. The van der Waals surface area contributed by atoms with Gasteiger partial charge in [0.15, 0.2) is 11.6 Å². The van der Waals surface area contributed by atoms with Crippen LogP contribution in [0.3, 0.4) is 0 Å². The summed E-state index contributed by atoms with van der Waals surface area (Å²) >= 11 is 0. The molecule has 1 aromatic rings. The van der Waals surface area contributed by atoms with E-state index in [-0.39, 0.29) is 0 Å². The minimum Gasteiger partial charge on any atom is -0.350 e. The molecule has 1 atom stereocenters. The van der Waals surface area contributed by atoms with Crippen LogP contribution in [0.2, 0.25) is 0 Å². The first-order valence-corrected chi connectivity index (χ1v) is 6.55. The monoisotopic (exact) mass is 253 g/mol. The van der Waals surface area contributed by atoms with Crippen molar-refractivity contribution in [2.24, 2.45) is 0 Å². The Morgan fingerprint density at radius 2 is 2.17 bits per heavy atom. The van der Waals surface area contributed by atoms with Crippen LogP contribution in [-0.2, 0) is 0 Å². The number of halogens is 2. The number of rotatable bonds is 4. The zero-order valence-corrected chi connectivity index (χ0v) is 10.2. The first-order valence-electron chi connectivity index (χ1n) is 6.55. The molecule has 0 bridgehead atoms. The number of anilines is 1. The molecule has 5 heteroatoms. The largest absolute Gasteiger partial charge is 0.350 e. The molecule has 1 aromatic heterocycles. The van der Waals surface area contributed by atoms with Crippen LogP contribution >= 0.6 is 0 Å². The van der Waals surface area contributed by atoms with E-state index in [1.54, 1.807) is 0 Å². The Kier molecular flexibility index (Phi) is 3.16. The quantitative estimate of drug-likeness (QED) is 0.890. The van der Waals surface area contributed by atoms with Crippen LogP contribution in [-0.4, -0.2) is 30.2 Å². The van der Waals surface area contributed by atoms with Crippen molar-refractivity contribution in [3.8, 4) is 0 Å². The highest BCUT2D eigenvalue weighted by Crippen LogP contribution is 2.32. The average molecular weight is 253 g/mol. The molecule has 0 amide bonds. The van der Waals surface area contributed by atoms with E-state index in [9.17, 15) is 8.78 Å². The van der Waals surface area contributed by atoms with E-state index in [1.165, 1.54) is 6.42 Å². The van der Waals surface area contributed by atoms with Gasteiger partial charge < -0.3 is 10.2 Å². The van der Waals surface area contributed by atoms with Crippen LogP contribution in [0.5, 0.6) is 0 Å². The van der Waals surface area contributed by atoms with Gasteiger partial charge in [-0.15, -0.1) is 0 Å². The molecule has 0 radical (unpaired) electrons. The van der Waals surface area contributed by atoms with Crippen LogP contribution in [0.1, 0.15) is 25.7 Å². The van der Waals surface area contributed by atoms with Crippen molar-refractivity contribution >= 4 is 5.82 Å². The fraction of sp³-hybridized carbons (Fsp3) is 0.615. The summed E-state index contributed by atoms with van der Waals surface area (Å²) in [7, 11) is 0. The lowest BCUT2D eigenvalue weighted by molar-refractivity contribution is 0.542. The van der Waals surface area contributed by atoms with E-state index in [4.69, 9.17) is 0 Å². The van der Waals surface area contributed by atoms with E-state index in [1.807, 2.05) is 4.90 Å². The van der Waals surface area contributed by atoms with Crippen LogP contribution in [0.25, 0.3) is 0 Å². The van der Waals surface area contributed by atoms with Gasteiger partial charge in [0.2, 0.25) is 0 Å². The molecule has 1 aliphatic heterocycles. The minimum absolute atomic E-state index is 0.299. The van der Waals surface area contributed by atoms with Crippen LogP contribution in [0.4, 0.5) is 14.6 Å². The number of aromatic nitrogens is 1. The van der Waals surface area contributed by atoms with Crippen molar-refractivity contribution in [1.82, 2.24) is 10.3 Å². The Bertz CT molecular complexity index is 428. The first-order chi connectivity index (χ1) is 8.74. The van der Waals surface area contributed by atoms with Gasteiger partial charge in [0.25, 0.3) is 0 Å². The Hall–Kier alpha value is -1.23. The molecule has 1 unspecified atom stereocenters. The van der Waals surface area contributed by atoms with Crippen molar-refractivity contribution in [2.75, 3.05) is 18.0 Å². The highest BCUT2D eigenvalue weighted by atomic mass is 19.1. The molecular formula is C13H17F2N3. The molecule has 1 N–H and O–H groups in total. The smallest absolute Gasteiger partial charge is 0.168 e. The number of pyridine rings is 1. The zero-order chi connectivity index (χ0) is 12.5. The van der Waals surface area contributed by atoms with Crippen molar-refractivity contribution < 1.29 is 8.78 Å². The number of hydrogen-bond donors (Lipinski definition) is 1.